The van der Waals surface area contributed by atoms with Gasteiger partial charge < -0.3 is 10.2 Å². The smallest absolute Gasteiger partial charge is 0.263 e. The molecule has 1 aromatic heterocycles. The van der Waals surface area contributed by atoms with E-state index in [1.807, 2.05) is 23.1 Å². The van der Waals surface area contributed by atoms with Gasteiger partial charge in [0.1, 0.15) is 4.88 Å². The lowest BCUT2D eigenvalue weighted by molar-refractivity contribution is -0.130. The van der Waals surface area contributed by atoms with E-state index in [1.54, 1.807) is 13.1 Å². The first-order valence-electron chi connectivity index (χ1n) is 8.64. The maximum atomic E-state index is 12.3. The lowest BCUT2D eigenvalue weighted by Crippen LogP contribution is -2.40. The van der Waals surface area contributed by atoms with Crippen molar-refractivity contribution in [3.63, 3.8) is 0 Å². The van der Waals surface area contributed by atoms with Gasteiger partial charge >= 0.3 is 0 Å². The highest BCUT2D eigenvalue weighted by molar-refractivity contribution is 7.13. The molecular weight excluding hydrogens is 334 g/mol. The Morgan fingerprint density at radius 2 is 1.96 bits per heavy atom. The number of nitrogens with zero attached hydrogens (tertiary/aromatic N) is 2. The van der Waals surface area contributed by atoms with Crippen LogP contribution in [0, 0.1) is 5.92 Å². The molecule has 0 bridgehead atoms. The van der Waals surface area contributed by atoms with Crippen LogP contribution in [0.3, 0.4) is 0 Å². The van der Waals surface area contributed by atoms with E-state index < -0.39 is 0 Å². The van der Waals surface area contributed by atoms with Crippen molar-refractivity contribution >= 4 is 23.2 Å². The van der Waals surface area contributed by atoms with E-state index in [2.05, 4.69) is 22.4 Å². The summed E-state index contributed by atoms with van der Waals surface area (Å²) in [6.45, 7) is 3.85. The molecule has 0 radical (unpaired) electrons. The van der Waals surface area contributed by atoms with Gasteiger partial charge in [0.05, 0.1) is 11.2 Å². The van der Waals surface area contributed by atoms with Crippen molar-refractivity contribution in [1.29, 1.82) is 0 Å². The molecule has 6 heteroatoms. The molecule has 1 saturated heterocycles. The summed E-state index contributed by atoms with van der Waals surface area (Å²) in [5.74, 6) is 0.528. The van der Waals surface area contributed by atoms with Crippen LogP contribution in [-0.4, -0.2) is 41.3 Å². The molecule has 5 nitrogen and oxygen atoms in total. The summed E-state index contributed by atoms with van der Waals surface area (Å²) in [6.07, 6.45) is 4.31. The van der Waals surface area contributed by atoms with Gasteiger partial charge in [-0.2, -0.15) is 0 Å². The molecule has 0 unspecified atom stereocenters. The minimum Gasteiger partial charge on any atom is -0.351 e. The number of benzene rings is 1. The molecule has 1 aromatic carbocycles. The Kier molecular flexibility index (Phi) is 5.81. The molecule has 1 N–H and O–H groups in total. The lowest BCUT2D eigenvalue weighted by atomic mass is 9.97. The SMILES string of the molecule is CC(=O)N1CCC(CNC(=O)c2cnc(Cc3ccccc3)s2)CC1. The van der Waals surface area contributed by atoms with Crippen molar-refractivity contribution in [2.45, 2.75) is 26.2 Å². The molecule has 0 aliphatic carbocycles. The first kappa shape index (κ1) is 17.6. The molecule has 132 valence electrons. The second kappa shape index (κ2) is 8.25. The largest absolute Gasteiger partial charge is 0.351 e. The van der Waals surface area contributed by atoms with Crippen LogP contribution >= 0.6 is 11.3 Å². The van der Waals surface area contributed by atoms with E-state index >= 15 is 0 Å². The van der Waals surface area contributed by atoms with Crippen LogP contribution in [-0.2, 0) is 11.2 Å². The Morgan fingerprint density at radius 3 is 2.64 bits per heavy atom. The van der Waals surface area contributed by atoms with E-state index in [1.165, 1.54) is 16.9 Å². The average molecular weight is 357 g/mol. The number of piperidine rings is 1. The van der Waals surface area contributed by atoms with Gasteiger partial charge in [-0.15, -0.1) is 11.3 Å². The summed E-state index contributed by atoms with van der Waals surface area (Å²) >= 11 is 1.45. The molecule has 3 rings (SSSR count). The predicted octanol–water partition coefficient (Wildman–Crippen LogP) is 2.72. The Hall–Kier alpha value is -2.21. The Morgan fingerprint density at radius 1 is 1.24 bits per heavy atom. The maximum Gasteiger partial charge on any atom is 0.263 e. The number of rotatable bonds is 5. The van der Waals surface area contributed by atoms with Crippen molar-refractivity contribution in [2.24, 2.45) is 5.92 Å². The van der Waals surface area contributed by atoms with Crippen molar-refractivity contribution in [3.8, 4) is 0 Å². The standard InChI is InChI=1S/C19H23N3O2S/c1-14(23)22-9-7-16(8-10-22)12-21-19(24)17-13-20-18(25-17)11-15-5-3-2-4-6-15/h2-6,13,16H,7-12H2,1H3,(H,21,24). The van der Waals surface area contributed by atoms with E-state index in [-0.39, 0.29) is 11.8 Å². The van der Waals surface area contributed by atoms with Crippen molar-refractivity contribution < 1.29 is 9.59 Å². The summed E-state index contributed by atoms with van der Waals surface area (Å²) in [5.41, 5.74) is 1.20. The molecular formula is C19H23N3O2S. The van der Waals surface area contributed by atoms with Gasteiger partial charge in [0.15, 0.2) is 0 Å². The fourth-order valence-electron chi connectivity index (χ4n) is 3.04. The number of thiazole rings is 1. The molecule has 25 heavy (non-hydrogen) atoms. The Labute approximate surface area is 152 Å². The van der Waals surface area contributed by atoms with Gasteiger partial charge in [-0.1, -0.05) is 30.3 Å². The van der Waals surface area contributed by atoms with Crippen LogP contribution in [0.15, 0.2) is 36.5 Å². The monoisotopic (exact) mass is 357 g/mol. The van der Waals surface area contributed by atoms with Crippen LogP contribution in [0.2, 0.25) is 0 Å². The fraction of sp³-hybridized carbons (Fsp3) is 0.421. The minimum atomic E-state index is -0.0502. The molecule has 0 saturated carbocycles. The van der Waals surface area contributed by atoms with E-state index in [0.29, 0.717) is 17.3 Å². The summed E-state index contributed by atoms with van der Waals surface area (Å²) in [7, 11) is 0. The number of carbonyl (C=O) groups is 2. The third-order valence-electron chi connectivity index (χ3n) is 4.59. The molecule has 0 atom stereocenters. The number of amides is 2. The number of carbonyl (C=O) groups excluding carboxylic acids is 2. The minimum absolute atomic E-state index is 0.0502. The van der Waals surface area contributed by atoms with Gasteiger partial charge in [-0.25, -0.2) is 4.98 Å². The van der Waals surface area contributed by atoms with Gasteiger partial charge in [-0.05, 0) is 24.3 Å². The highest BCUT2D eigenvalue weighted by atomic mass is 32.1. The van der Waals surface area contributed by atoms with Crippen LogP contribution in [0.4, 0.5) is 0 Å². The number of hydrogen-bond donors (Lipinski definition) is 1. The van der Waals surface area contributed by atoms with Crippen LogP contribution in [0.1, 0.15) is 40.0 Å². The zero-order valence-corrected chi connectivity index (χ0v) is 15.2. The van der Waals surface area contributed by atoms with Gasteiger partial charge in [0, 0.05) is 33.0 Å². The number of hydrogen-bond acceptors (Lipinski definition) is 4. The number of aromatic nitrogens is 1. The van der Waals surface area contributed by atoms with Gasteiger partial charge in [0.25, 0.3) is 5.91 Å². The van der Waals surface area contributed by atoms with Gasteiger partial charge in [-0.3, -0.25) is 9.59 Å². The lowest BCUT2D eigenvalue weighted by Gasteiger charge is -2.31. The van der Waals surface area contributed by atoms with E-state index in [4.69, 9.17) is 0 Å². The summed E-state index contributed by atoms with van der Waals surface area (Å²) < 4.78 is 0. The first-order valence-corrected chi connectivity index (χ1v) is 9.46. The summed E-state index contributed by atoms with van der Waals surface area (Å²) in [5, 5.41) is 3.97. The zero-order valence-electron chi connectivity index (χ0n) is 14.4. The molecule has 2 heterocycles. The maximum absolute atomic E-state index is 12.3. The second-order valence-corrected chi connectivity index (χ2v) is 7.56. The Balaban J connectivity index is 1.47. The zero-order chi connectivity index (χ0) is 17.6. The van der Waals surface area contributed by atoms with Crippen LogP contribution in [0.5, 0.6) is 0 Å². The third-order valence-corrected chi connectivity index (χ3v) is 5.58. The molecule has 0 spiro atoms. The molecule has 2 amide bonds. The first-order chi connectivity index (χ1) is 12.1. The van der Waals surface area contributed by atoms with Gasteiger partial charge in [0.2, 0.25) is 5.91 Å². The summed E-state index contributed by atoms with van der Waals surface area (Å²) in [6, 6.07) is 10.1. The highest BCUT2D eigenvalue weighted by Gasteiger charge is 2.21. The topological polar surface area (TPSA) is 62.3 Å². The predicted molar refractivity (Wildman–Crippen MR) is 98.7 cm³/mol. The van der Waals surface area contributed by atoms with Crippen molar-refractivity contribution in [3.05, 3.63) is 52.0 Å². The average Bonchev–Trinajstić information content (AvgIpc) is 3.09. The van der Waals surface area contributed by atoms with E-state index in [0.717, 1.165) is 37.4 Å². The normalized spacial score (nSPS) is 15.2. The fourth-order valence-corrected chi connectivity index (χ4v) is 3.91. The highest BCUT2D eigenvalue weighted by Crippen LogP contribution is 2.19. The van der Waals surface area contributed by atoms with Crippen LogP contribution < -0.4 is 5.32 Å². The number of nitrogens with one attached hydrogen (secondary N) is 1. The third kappa shape index (κ3) is 4.89. The van der Waals surface area contributed by atoms with E-state index in [9.17, 15) is 9.59 Å². The summed E-state index contributed by atoms with van der Waals surface area (Å²) in [4.78, 5) is 30.6. The molecule has 2 aromatic rings. The quantitative estimate of drug-likeness (QED) is 0.895. The molecule has 1 aliphatic heterocycles. The van der Waals surface area contributed by atoms with Crippen LogP contribution in [0.25, 0.3) is 0 Å². The Bertz CT molecular complexity index is 721. The molecule has 1 fully saturated rings. The second-order valence-electron chi connectivity index (χ2n) is 6.44. The number of likely N-dealkylation sites (tertiary alicyclic amines) is 1. The van der Waals surface area contributed by atoms with Crippen molar-refractivity contribution in [2.75, 3.05) is 19.6 Å². The molecule has 1 aliphatic rings. The van der Waals surface area contributed by atoms with Crippen molar-refractivity contribution in [1.82, 2.24) is 15.2 Å².